The molecule has 0 amide bonds. The van der Waals surface area contributed by atoms with Gasteiger partial charge in [-0.3, -0.25) is 4.98 Å². The fourth-order valence-corrected chi connectivity index (χ4v) is 3.53. The van der Waals surface area contributed by atoms with Crippen LogP contribution in [0.2, 0.25) is 0 Å². The average Bonchev–Trinajstić information content (AvgIpc) is 3.28. The van der Waals surface area contributed by atoms with E-state index in [2.05, 4.69) is 49.4 Å². The molecule has 7 nitrogen and oxygen atoms in total. The molecule has 2 heterocycles. The first-order valence-corrected chi connectivity index (χ1v) is 8.57. The number of nitrogens with one attached hydrogen (secondary N) is 1. The second-order valence-corrected chi connectivity index (χ2v) is 6.55. The maximum atomic E-state index is 5.86. The molecule has 1 aromatic carbocycles. The number of hydrazine groups is 1. The van der Waals surface area contributed by atoms with E-state index in [9.17, 15) is 0 Å². The third-order valence-corrected chi connectivity index (χ3v) is 4.74. The van der Waals surface area contributed by atoms with E-state index in [1.54, 1.807) is 12.3 Å². The molecule has 0 spiro atoms. The Balaban J connectivity index is 1.49. The van der Waals surface area contributed by atoms with Gasteiger partial charge in [-0.05, 0) is 42.0 Å². The Labute approximate surface area is 151 Å². The van der Waals surface area contributed by atoms with Crippen molar-refractivity contribution in [3.8, 4) is 11.4 Å². The molecule has 4 rings (SSSR count). The monoisotopic (exact) mass is 347 g/mol. The summed E-state index contributed by atoms with van der Waals surface area (Å²) in [5.74, 6) is 6.09. The number of amidine groups is 1. The zero-order valence-electron chi connectivity index (χ0n) is 14.3. The largest absolute Gasteiger partial charge is 0.382 e. The van der Waals surface area contributed by atoms with E-state index in [0.29, 0.717) is 11.8 Å². The second kappa shape index (κ2) is 6.97. The minimum absolute atomic E-state index is 0.305. The van der Waals surface area contributed by atoms with Crippen molar-refractivity contribution >= 4 is 5.84 Å². The first-order valence-electron chi connectivity index (χ1n) is 8.57. The molecular formula is C19H21N7. The summed E-state index contributed by atoms with van der Waals surface area (Å²) in [5.41, 5.74) is 13.3. The molecule has 0 fully saturated rings. The van der Waals surface area contributed by atoms with E-state index in [4.69, 9.17) is 11.6 Å². The molecule has 7 heteroatoms. The number of rotatable bonds is 5. The van der Waals surface area contributed by atoms with Gasteiger partial charge in [-0.1, -0.05) is 24.3 Å². The van der Waals surface area contributed by atoms with Crippen LogP contribution in [0.3, 0.4) is 0 Å². The lowest BCUT2D eigenvalue weighted by molar-refractivity contribution is 0.466. The third-order valence-electron chi connectivity index (χ3n) is 4.74. The Morgan fingerprint density at radius 1 is 1.15 bits per heavy atom. The molecule has 0 bridgehead atoms. The minimum atomic E-state index is 0.305. The van der Waals surface area contributed by atoms with Gasteiger partial charge in [0.15, 0.2) is 5.84 Å². The maximum Gasteiger partial charge on any atom is 0.152 e. The Bertz CT molecular complexity index is 919. The molecule has 0 atom stereocenters. The number of hydrogen-bond acceptors (Lipinski definition) is 5. The number of imidazole rings is 1. The molecule has 3 aromatic rings. The van der Waals surface area contributed by atoms with Gasteiger partial charge < -0.3 is 10.3 Å². The lowest BCUT2D eigenvalue weighted by Gasteiger charge is -2.09. The molecule has 0 radical (unpaired) electrons. The second-order valence-electron chi connectivity index (χ2n) is 6.55. The molecule has 132 valence electrons. The number of nitrogens with zero attached hydrogens (tertiary/aromatic N) is 4. The number of aromatic nitrogens is 3. The summed E-state index contributed by atoms with van der Waals surface area (Å²) in [6, 6.07) is 12.3. The van der Waals surface area contributed by atoms with Crippen LogP contribution in [-0.2, 0) is 19.4 Å². The van der Waals surface area contributed by atoms with E-state index in [1.807, 2.05) is 18.6 Å². The molecule has 0 unspecified atom stereocenters. The number of hydrogen-bond donors (Lipinski definition) is 3. The number of fused-ring (bicyclic) bond motifs is 1. The third kappa shape index (κ3) is 3.29. The summed E-state index contributed by atoms with van der Waals surface area (Å²) in [6.07, 6.45) is 7.83. The summed E-state index contributed by atoms with van der Waals surface area (Å²) in [5, 5.41) is 3.79. The predicted molar refractivity (Wildman–Crippen MR) is 101 cm³/mol. The first kappa shape index (κ1) is 16.3. The SMILES string of the molecule is NN/N=C(\N)c1ccnc(-c2cn(CC3Cc4ccccc4C3)cn2)c1. The predicted octanol–water partition coefficient (Wildman–Crippen LogP) is 1.44. The molecule has 0 saturated carbocycles. The number of nitrogens with two attached hydrogens (primary N) is 2. The standard InChI is InChI=1S/C19H21N7/c20-19(24-25-21)16-5-6-22-17(9-16)18-11-26(12-23-18)10-13-7-14-3-1-2-4-15(14)8-13/h1-6,9,11-13,25H,7-8,10,21H2,(H2,20,24). The van der Waals surface area contributed by atoms with Crippen LogP contribution < -0.4 is 17.1 Å². The van der Waals surface area contributed by atoms with Gasteiger partial charge in [0, 0.05) is 24.5 Å². The lowest BCUT2D eigenvalue weighted by atomic mass is 10.1. The molecule has 1 aliphatic carbocycles. The van der Waals surface area contributed by atoms with Crippen LogP contribution in [0.5, 0.6) is 0 Å². The fraction of sp³-hybridized carbons (Fsp3) is 0.211. The van der Waals surface area contributed by atoms with Gasteiger partial charge in [0.25, 0.3) is 0 Å². The summed E-state index contributed by atoms with van der Waals surface area (Å²) in [7, 11) is 0. The molecule has 1 aliphatic rings. The van der Waals surface area contributed by atoms with E-state index in [0.717, 1.165) is 36.3 Å². The quantitative estimate of drug-likeness (QED) is 0.280. The Morgan fingerprint density at radius 2 is 1.92 bits per heavy atom. The van der Waals surface area contributed by atoms with Gasteiger partial charge in [0.1, 0.15) is 5.69 Å². The number of benzene rings is 1. The normalized spacial score (nSPS) is 14.4. The minimum Gasteiger partial charge on any atom is -0.382 e. The average molecular weight is 347 g/mol. The zero-order valence-corrected chi connectivity index (χ0v) is 14.3. The van der Waals surface area contributed by atoms with Crippen LogP contribution in [0, 0.1) is 5.92 Å². The molecule has 0 saturated heterocycles. The topological polar surface area (TPSA) is 107 Å². The van der Waals surface area contributed by atoms with Crippen molar-refractivity contribution in [2.45, 2.75) is 19.4 Å². The van der Waals surface area contributed by atoms with Gasteiger partial charge in [0.05, 0.1) is 12.0 Å². The maximum absolute atomic E-state index is 5.86. The highest BCUT2D eigenvalue weighted by Crippen LogP contribution is 2.28. The number of hydrazone groups is 1. The van der Waals surface area contributed by atoms with Gasteiger partial charge in [-0.25, -0.2) is 16.4 Å². The molecular weight excluding hydrogens is 326 g/mol. The molecule has 2 aromatic heterocycles. The summed E-state index contributed by atoms with van der Waals surface area (Å²) in [4.78, 5) is 8.90. The van der Waals surface area contributed by atoms with Crippen LogP contribution in [0.15, 0.2) is 60.2 Å². The van der Waals surface area contributed by atoms with Crippen molar-refractivity contribution in [2.75, 3.05) is 0 Å². The van der Waals surface area contributed by atoms with Gasteiger partial charge >= 0.3 is 0 Å². The van der Waals surface area contributed by atoms with Crippen LogP contribution >= 0.6 is 0 Å². The van der Waals surface area contributed by atoms with E-state index in [1.165, 1.54) is 11.1 Å². The van der Waals surface area contributed by atoms with E-state index in [-0.39, 0.29) is 0 Å². The highest BCUT2D eigenvalue weighted by Gasteiger charge is 2.21. The summed E-state index contributed by atoms with van der Waals surface area (Å²) >= 11 is 0. The molecule has 26 heavy (non-hydrogen) atoms. The van der Waals surface area contributed by atoms with Crippen molar-refractivity contribution in [1.82, 2.24) is 20.1 Å². The Morgan fingerprint density at radius 3 is 2.65 bits per heavy atom. The number of pyridine rings is 1. The van der Waals surface area contributed by atoms with E-state index < -0.39 is 0 Å². The smallest absolute Gasteiger partial charge is 0.152 e. The lowest BCUT2D eigenvalue weighted by Crippen LogP contribution is -2.23. The summed E-state index contributed by atoms with van der Waals surface area (Å²) in [6.45, 7) is 0.946. The van der Waals surface area contributed by atoms with Crippen molar-refractivity contribution in [3.63, 3.8) is 0 Å². The van der Waals surface area contributed by atoms with Gasteiger partial charge in [-0.15, -0.1) is 5.10 Å². The highest BCUT2D eigenvalue weighted by atomic mass is 15.5. The fourth-order valence-electron chi connectivity index (χ4n) is 3.53. The van der Waals surface area contributed by atoms with Crippen molar-refractivity contribution in [1.29, 1.82) is 0 Å². The first-order chi connectivity index (χ1) is 12.7. The van der Waals surface area contributed by atoms with Crippen LogP contribution in [-0.4, -0.2) is 20.4 Å². The molecule has 0 aliphatic heterocycles. The Kier molecular flexibility index (Phi) is 4.37. The molecule has 5 N–H and O–H groups in total. The van der Waals surface area contributed by atoms with Gasteiger partial charge in [0.2, 0.25) is 0 Å². The van der Waals surface area contributed by atoms with Crippen molar-refractivity contribution in [3.05, 3.63) is 71.8 Å². The van der Waals surface area contributed by atoms with Crippen LogP contribution in [0.25, 0.3) is 11.4 Å². The highest BCUT2D eigenvalue weighted by molar-refractivity contribution is 5.97. The van der Waals surface area contributed by atoms with Crippen molar-refractivity contribution < 1.29 is 0 Å². The van der Waals surface area contributed by atoms with E-state index >= 15 is 0 Å². The van der Waals surface area contributed by atoms with Crippen LogP contribution in [0.4, 0.5) is 0 Å². The van der Waals surface area contributed by atoms with Gasteiger partial charge in [-0.2, -0.15) is 0 Å². The zero-order chi connectivity index (χ0) is 17.9. The van der Waals surface area contributed by atoms with Crippen LogP contribution in [0.1, 0.15) is 16.7 Å². The Hall–Kier alpha value is -3.19. The van der Waals surface area contributed by atoms with Crippen molar-refractivity contribution in [2.24, 2.45) is 22.6 Å². The summed E-state index contributed by atoms with van der Waals surface area (Å²) < 4.78 is 2.14.